The van der Waals surface area contributed by atoms with E-state index in [-0.39, 0.29) is 24.3 Å². The standard InChI is InChI=1S/C19H18F3N3O3/c1-10-3-6-14(13(21)7-10)24-16-11(4-5-12(20)15(16)22)17(26)25-8-19(28,9-25)18(27)23-2/h3-7,24,28H,8-9H2,1-2H3,(H,23,27). The third-order valence-corrected chi connectivity index (χ3v) is 4.55. The minimum Gasteiger partial charge on any atom is -0.377 e. The average Bonchev–Trinajstić information content (AvgIpc) is 2.63. The van der Waals surface area contributed by atoms with Gasteiger partial charge >= 0.3 is 0 Å². The summed E-state index contributed by atoms with van der Waals surface area (Å²) in [5, 5.41) is 14.8. The van der Waals surface area contributed by atoms with E-state index in [1.54, 1.807) is 13.0 Å². The molecule has 0 unspecified atom stereocenters. The van der Waals surface area contributed by atoms with Crippen molar-refractivity contribution in [1.82, 2.24) is 10.2 Å². The molecule has 1 heterocycles. The lowest BCUT2D eigenvalue weighted by Crippen LogP contribution is -2.69. The summed E-state index contributed by atoms with van der Waals surface area (Å²) in [6.07, 6.45) is 0. The van der Waals surface area contributed by atoms with E-state index in [2.05, 4.69) is 10.6 Å². The topological polar surface area (TPSA) is 81.7 Å². The summed E-state index contributed by atoms with van der Waals surface area (Å²) in [5.74, 6) is -4.63. The van der Waals surface area contributed by atoms with Crippen LogP contribution in [-0.4, -0.2) is 47.6 Å². The van der Waals surface area contributed by atoms with Crippen molar-refractivity contribution in [2.24, 2.45) is 0 Å². The number of aryl methyl sites for hydroxylation is 1. The number of nitrogens with one attached hydrogen (secondary N) is 2. The van der Waals surface area contributed by atoms with E-state index in [1.165, 1.54) is 19.2 Å². The molecule has 2 amide bonds. The molecule has 1 fully saturated rings. The smallest absolute Gasteiger partial charge is 0.256 e. The summed E-state index contributed by atoms with van der Waals surface area (Å²) in [4.78, 5) is 25.4. The SMILES string of the molecule is CNC(=O)C1(O)CN(C(=O)c2ccc(F)c(F)c2Nc2ccc(C)cc2F)C1. The predicted octanol–water partition coefficient (Wildman–Crippen LogP) is 2.09. The van der Waals surface area contributed by atoms with Gasteiger partial charge < -0.3 is 20.6 Å². The predicted molar refractivity (Wildman–Crippen MR) is 95.7 cm³/mol. The van der Waals surface area contributed by atoms with Gasteiger partial charge in [-0.3, -0.25) is 9.59 Å². The Morgan fingerprint density at radius 1 is 1.11 bits per heavy atom. The second kappa shape index (κ2) is 7.16. The molecule has 0 atom stereocenters. The van der Waals surface area contributed by atoms with E-state index >= 15 is 0 Å². The first-order valence-corrected chi connectivity index (χ1v) is 8.41. The highest BCUT2D eigenvalue weighted by molar-refractivity contribution is 6.02. The molecule has 0 bridgehead atoms. The second-order valence-corrected chi connectivity index (χ2v) is 6.66. The van der Waals surface area contributed by atoms with E-state index in [0.717, 1.165) is 17.0 Å². The quantitative estimate of drug-likeness (QED) is 0.743. The molecule has 9 heteroatoms. The number of carbonyl (C=O) groups excluding carboxylic acids is 2. The minimum atomic E-state index is -1.74. The van der Waals surface area contributed by atoms with Crippen molar-refractivity contribution >= 4 is 23.2 Å². The fourth-order valence-electron chi connectivity index (χ4n) is 2.98. The molecule has 3 N–H and O–H groups in total. The van der Waals surface area contributed by atoms with Gasteiger partial charge in [0.2, 0.25) is 0 Å². The van der Waals surface area contributed by atoms with Crippen molar-refractivity contribution in [3.63, 3.8) is 0 Å². The summed E-state index contributed by atoms with van der Waals surface area (Å²) in [5.41, 5.74) is -2.01. The van der Waals surface area contributed by atoms with Crippen LogP contribution >= 0.6 is 0 Å². The lowest BCUT2D eigenvalue weighted by molar-refractivity contribution is -0.154. The van der Waals surface area contributed by atoms with Gasteiger partial charge in [-0.25, -0.2) is 13.2 Å². The van der Waals surface area contributed by atoms with Crippen molar-refractivity contribution in [3.8, 4) is 0 Å². The Kier molecular flexibility index (Phi) is 5.03. The van der Waals surface area contributed by atoms with Crippen LogP contribution in [0.5, 0.6) is 0 Å². The lowest BCUT2D eigenvalue weighted by Gasteiger charge is -2.44. The van der Waals surface area contributed by atoms with Crippen LogP contribution < -0.4 is 10.6 Å². The van der Waals surface area contributed by atoms with Gasteiger partial charge in [-0.2, -0.15) is 0 Å². The van der Waals surface area contributed by atoms with Crippen LogP contribution in [0.3, 0.4) is 0 Å². The van der Waals surface area contributed by atoms with E-state index < -0.39 is 40.6 Å². The Labute approximate surface area is 159 Å². The monoisotopic (exact) mass is 393 g/mol. The number of hydrogen-bond donors (Lipinski definition) is 3. The van der Waals surface area contributed by atoms with Gasteiger partial charge in [-0.15, -0.1) is 0 Å². The highest BCUT2D eigenvalue weighted by Gasteiger charge is 2.49. The van der Waals surface area contributed by atoms with Crippen LogP contribution in [0.2, 0.25) is 0 Å². The highest BCUT2D eigenvalue weighted by atomic mass is 19.2. The van der Waals surface area contributed by atoms with Crippen LogP contribution in [0.1, 0.15) is 15.9 Å². The number of hydrogen-bond acceptors (Lipinski definition) is 4. The number of nitrogens with zero attached hydrogens (tertiary/aromatic N) is 1. The zero-order valence-electron chi connectivity index (χ0n) is 15.1. The number of aliphatic hydroxyl groups is 1. The number of rotatable bonds is 4. The number of halogens is 3. The van der Waals surface area contributed by atoms with Gasteiger partial charge in [-0.1, -0.05) is 6.07 Å². The highest BCUT2D eigenvalue weighted by Crippen LogP contribution is 2.31. The van der Waals surface area contributed by atoms with Gasteiger partial charge in [0.05, 0.1) is 30.0 Å². The fraction of sp³-hybridized carbons (Fsp3) is 0.263. The number of likely N-dealkylation sites (tertiary alicyclic amines) is 1. The van der Waals surface area contributed by atoms with E-state index in [1.807, 2.05) is 0 Å². The van der Waals surface area contributed by atoms with Crippen molar-refractivity contribution < 1.29 is 27.9 Å². The molecule has 2 aromatic rings. The lowest BCUT2D eigenvalue weighted by atomic mass is 9.92. The van der Waals surface area contributed by atoms with Crippen molar-refractivity contribution in [3.05, 3.63) is 58.9 Å². The maximum atomic E-state index is 14.4. The summed E-state index contributed by atoms with van der Waals surface area (Å²) < 4.78 is 42.2. The molecule has 0 spiro atoms. The number of anilines is 2. The molecular weight excluding hydrogens is 375 g/mol. The van der Waals surface area contributed by atoms with E-state index in [9.17, 15) is 27.9 Å². The zero-order chi connectivity index (χ0) is 20.6. The van der Waals surface area contributed by atoms with Gasteiger partial charge in [0, 0.05) is 7.05 Å². The Hall–Kier alpha value is -3.07. The Balaban J connectivity index is 1.91. The molecular formula is C19H18F3N3O3. The molecule has 3 rings (SSSR count). The Bertz CT molecular complexity index is 959. The van der Waals surface area contributed by atoms with Crippen molar-refractivity contribution in [2.75, 3.05) is 25.5 Å². The van der Waals surface area contributed by atoms with Crippen LogP contribution in [0.15, 0.2) is 30.3 Å². The summed E-state index contributed by atoms with van der Waals surface area (Å²) in [6, 6.07) is 5.97. The molecule has 1 aliphatic rings. The maximum absolute atomic E-state index is 14.4. The average molecular weight is 393 g/mol. The largest absolute Gasteiger partial charge is 0.377 e. The first kappa shape index (κ1) is 19.7. The number of likely N-dealkylation sites (N-methyl/N-ethyl adjacent to an activating group) is 1. The summed E-state index contributed by atoms with van der Waals surface area (Å²) >= 11 is 0. The molecule has 148 valence electrons. The third-order valence-electron chi connectivity index (χ3n) is 4.55. The molecule has 2 aromatic carbocycles. The fourth-order valence-corrected chi connectivity index (χ4v) is 2.98. The molecule has 0 saturated carbocycles. The van der Waals surface area contributed by atoms with Crippen LogP contribution in [0.25, 0.3) is 0 Å². The molecule has 0 aromatic heterocycles. The van der Waals surface area contributed by atoms with Gasteiger partial charge in [0.1, 0.15) is 5.82 Å². The summed E-state index contributed by atoms with van der Waals surface area (Å²) in [6.45, 7) is 1.06. The number of carbonyl (C=O) groups is 2. The van der Waals surface area contributed by atoms with Crippen LogP contribution in [0.4, 0.5) is 24.5 Å². The summed E-state index contributed by atoms with van der Waals surface area (Å²) in [7, 11) is 1.35. The number of amides is 2. The van der Waals surface area contributed by atoms with E-state index in [4.69, 9.17) is 0 Å². The van der Waals surface area contributed by atoms with Gasteiger partial charge in [0.15, 0.2) is 17.2 Å². The van der Waals surface area contributed by atoms with Crippen molar-refractivity contribution in [1.29, 1.82) is 0 Å². The molecule has 28 heavy (non-hydrogen) atoms. The second-order valence-electron chi connectivity index (χ2n) is 6.66. The van der Waals surface area contributed by atoms with Crippen LogP contribution in [0, 0.1) is 24.4 Å². The van der Waals surface area contributed by atoms with Crippen molar-refractivity contribution in [2.45, 2.75) is 12.5 Å². The van der Waals surface area contributed by atoms with Gasteiger partial charge in [0.25, 0.3) is 11.8 Å². The first-order valence-electron chi connectivity index (χ1n) is 8.41. The number of β-amino-alcohol motifs (C(OH)–C–C–N with tert-alkyl or cyclic N) is 1. The number of benzene rings is 2. The van der Waals surface area contributed by atoms with E-state index in [0.29, 0.717) is 5.56 Å². The Morgan fingerprint density at radius 2 is 1.79 bits per heavy atom. The minimum absolute atomic E-state index is 0.130. The molecule has 0 radical (unpaired) electrons. The molecule has 1 aliphatic heterocycles. The third kappa shape index (κ3) is 3.40. The maximum Gasteiger partial charge on any atom is 0.256 e. The molecule has 0 aliphatic carbocycles. The first-order chi connectivity index (χ1) is 13.2. The Morgan fingerprint density at radius 3 is 2.39 bits per heavy atom. The van der Waals surface area contributed by atoms with Crippen LogP contribution in [-0.2, 0) is 4.79 Å². The normalized spacial score (nSPS) is 15.0. The molecule has 1 saturated heterocycles. The van der Waals surface area contributed by atoms with Gasteiger partial charge in [-0.05, 0) is 36.8 Å². The zero-order valence-corrected chi connectivity index (χ0v) is 15.1. The molecule has 6 nitrogen and oxygen atoms in total.